The molecule has 0 heterocycles. The van der Waals surface area contributed by atoms with Crippen LogP contribution in [0.2, 0.25) is 10.0 Å². The Morgan fingerprint density at radius 1 is 1.11 bits per heavy atom. The van der Waals surface area contributed by atoms with Crippen molar-refractivity contribution in [2.75, 3.05) is 6.54 Å². The average Bonchev–Trinajstić information content (AvgIpc) is 2.67. The molecule has 3 rings (SSSR count). The van der Waals surface area contributed by atoms with Crippen molar-refractivity contribution in [2.24, 2.45) is 5.73 Å². The summed E-state index contributed by atoms with van der Waals surface area (Å²) >= 11 is 12.3. The summed E-state index contributed by atoms with van der Waals surface area (Å²) in [5.41, 5.74) is 8.97. The molecule has 0 bridgehead atoms. The average molecular weight is 419 g/mol. The molecule has 0 spiro atoms. The Hall–Kier alpha value is -2.34. The zero-order valence-electron chi connectivity index (χ0n) is 15.0. The van der Waals surface area contributed by atoms with Gasteiger partial charge < -0.3 is 16.2 Å². The molecule has 1 aliphatic carbocycles. The van der Waals surface area contributed by atoms with E-state index in [4.69, 9.17) is 34.0 Å². The summed E-state index contributed by atoms with van der Waals surface area (Å²) in [5.74, 6) is -1.18. The molecule has 2 aromatic carbocycles. The first kappa shape index (κ1) is 20.4. The summed E-state index contributed by atoms with van der Waals surface area (Å²) in [7, 11) is 0. The van der Waals surface area contributed by atoms with Crippen LogP contribution in [-0.2, 0) is 0 Å². The maximum Gasteiger partial charge on any atom is 0.335 e. The second-order valence-electron chi connectivity index (χ2n) is 6.80. The van der Waals surface area contributed by atoms with Gasteiger partial charge in [-0.1, -0.05) is 40.9 Å². The standard InChI is InChI=1S/C21H20Cl2N2O3/c22-15-6-8-16(18(23)10-15)17-7-1-12(9-19(17)24)11-25-20(26)13-2-4-14(5-3-13)21(27)28/h1-6,8,10,17,19H,7,9,11,24H2,(H,25,26)(H,27,28). The van der Waals surface area contributed by atoms with Gasteiger partial charge in [-0.25, -0.2) is 4.79 Å². The molecule has 0 saturated heterocycles. The van der Waals surface area contributed by atoms with E-state index in [1.54, 1.807) is 6.07 Å². The van der Waals surface area contributed by atoms with Crippen LogP contribution in [0.4, 0.5) is 0 Å². The normalized spacial score (nSPS) is 19.0. The van der Waals surface area contributed by atoms with Crippen LogP contribution in [0.1, 0.15) is 45.0 Å². The molecule has 146 valence electrons. The lowest BCUT2D eigenvalue weighted by Gasteiger charge is -2.29. The van der Waals surface area contributed by atoms with Crippen molar-refractivity contribution >= 4 is 35.1 Å². The Morgan fingerprint density at radius 2 is 1.79 bits per heavy atom. The van der Waals surface area contributed by atoms with Crippen LogP contribution in [0.3, 0.4) is 0 Å². The number of hydrogen-bond donors (Lipinski definition) is 3. The van der Waals surface area contributed by atoms with Gasteiger partial charge >= 0.3 is 5.97 Å². The largest absolute Gasteiger partial charge is 0.478 e. The van der Waals surface area contributed by atoms with Gasteiger partial charge in [0.15, 0.2) is 0 Å². The topological polar surface area (TPSA) is 92.4 Å². The third-order valence-corrected chi connectivity index (χ3v) is 5.47. The molecule has 0 aliphatic heterocycles. The van der Waals surface area contributed by atoms with E-state index >= 15 is 0 Å². The second-order valence-corrected chi connectivity index (χ2v) is 7.65. The molecule has 0 fully saturated rings. The number of carbonyl (C=O) groups is 2. The van der Waals surface area contributed by atoms with Crippen molar-refractivity contribution in [1.29, 1.82) is 0 Å². The number of aromatic carboxylic acids is 1. The number of hydrogen-bond acceptors (Lipinski definition) is 3. The van der Waals surface area contributed by atoms with Gasteiger partial charge in [0.05, 0.1) is 5.56 Å². The molecule has 1 aliphatic rings. The molecule has 5 nitrogen and oxygen atoms in total. The van der Waals surface area contributed by atoms with Crippen molar-refractivity contribution in [2.45, 2.75) is 24.8 Å². The van der Waals surface area contributed by atoms with Crippen LogP contribution in [-0.4, -0.2) is 29.6 Å². The van der Waals surface area contributed by atoms with Crippen LogP contribution < -0.4 is 11.1 Å². The van der Waals surface area contributed by atoms with Gasteiger partial charge in [0, 0.05) is 34.1 Å². The minimum atomic E-state index is -1.02. The summed E-state index contributed by atoms with van der Waals surface area (Å²) in [4.78, 5) is 23.1. The van der Waals surface area contributed by atoms with E-state index in [2.05, 4.69) is 11.4 Å². The highest BCUT2D eigenvalue weighted by Crippen LogP contribution is 2.36. The minimum absolute atomic E-state index is 0.104. The Balaban J connectivity index is 1.60. The number of carboxylic acid groups (broad SMARTS) is 1. The highest BCUT2D eigenvalue weighted by molar-refractivity contribution is 6.35. The predicted octanol–water partition coefficient (Wildman–Crippen LogP) is 4.25. The summed E-state index contributed by atoms with van der Waals surface area (Å²) in [6, 6.07) is 11.2. The van der Waals surface area contributed by atoms with Crippen LogP contribution in [0, 0.1) is 0 Å². The van der Waals surface area contributed by atoms with E-state index in [-0.39, 0.29) is 23.4 Å². The fraction of sp³-hybridized carbons (Fsp3) is 0.238. The minimum Gasteiger partial charge on any atom is -0.478 e. The van der Waals surface area contributed by atoms with Gasteiger partial charge in [0.2, 0.25) is 0 Å². The number of amides is 1. The molecule has 7 heteroatoms. The summed E-state index contributed by atoms with van der Waals surface area (Å²) in [5, 5.41) is 13.0. The molecule has 2 unspecified atom stereocenters. The number of rotatable bonds is 5. The third-order valence-electron chi connectivity index (χ3n) is 4.91. The third kappa shape index (κ3) is 4.73. The number of carboxylic acids is 1. The van der Waals surface area contributed by atoms with Crippen molar-refractivity contribution in [1.82, 2.24) is 5.32 Å². The zero-order valence-corrected chi connectivity index (χ0v) is 16.5. The summed E-state index contributed by atoms with van der Waals surface area (Å²) in [6.45, 7) is 0.397. The van der Waals surface area contributed by atoms with Gasteiger partial charge in [-0.2, -0.15) is 0 Å². The number of nitrogens with one attached hydrogen (secondary N) is 1. The van der Waals surface area contributed by atoms with Crippen LogP contribution in [0.15, 0.2) is 54.1 Å². The lowest BCUT2D eigenvalue weighted by Crippen LogP contribution is -2.34. The number of nitrogens with two attached hydrogens (primary N) is 1. The fourth-order valence-electron chi connectivity index (χ4n) is 3.36. The highest BCUT2D eigenvalue weighted by atomic mass is 35.5. The van der Waals surface area contributed by atoms with Gasteiger partial charge in [0.1, 0.15) is 0 Å². The number of halogens is 2. The van der Waals surface area contributed by atoms with Crippen molar-refractivity contribution in [3.8, 4) is 0 Å². The molecular weight excluding hydrogens is 399 g/mol. The van der Waals surface area contributed by atoms with Crippen molar-refractivity contribution in [3.63, 3.8) is 0 Å². The van der Waals surface area contributed by atoms with Gasteiger partial charge in [0.25, 0.3) is 5.91 Å². The zero-order chi connectivity index (χ0) is 20.3. The van der Waals surface area contributed by atoms with Crippen LogP contribution in [0.5, 0.6) is 0 Å². The van der Waals surface area contributed by atoms with Gasteiger partial charge in [-0.3, -0.25) is 4.79 Å². The first-order valence-electron chi connectivity index (χ1n) is 8.85. The van der Waals surface area contributed by atoms with Gasteiger partial charge in [-0.15, -0.1) is 0 Å². The van der Waals surface area contributed by atoms with E-state index in [1.165, 1.54) is 24.3 Å². The summed E-state index contributed by atoms with van der Waals surface area (Å²) < 4.78 is 0. The summed E-state index contributed by atoms with van der Waals surface area (Å²) in [6.07, 6.45) is 3.48. The van der Waals surface area contributed by atoms with Crippen LogP contribution >= 0.6 is 23.2 Å². The maximum absolute atomic E-state index is 12.3. The number of benzene rings is 2. The quantitative estimate of drug-likeness (QED) is 0.632. The number of allylic oxidation sites excluding steroid dienone is 1. The Kier molecular flexibility index (Phi) is 6.39. The molecule has 2 aromatic rings. The fourth-order valence-corrected chi connectivity index (χ4v) is 3.91. The first-order chi connectivity index (χ1) is 13.3. The van der Waals surface area contributed by atoms with Crippen molar-refractivity contribution < 1.29 is 14.7 Å². The van der Waals surface area contributed by atoms with E-state index in [9.17, 15) is 9.59 Å². The number of carbonyl (C=O) groups excluding carboxylic acids is 1. The molecule has 0 radical (unpaired) electrons. The molecule has 2 atom stereocenters. The van der Waals surface area contributed by atoms with Crippen LogP contribution in [0.25, 0.3) is 0 Å². The monoisotopic (exact) mass is 418 g/mol. The maximum atomic E-state index is 12.3. The molecular formula is C21H20Cl2N2O3. The Morgan fingerprint density at radius 3 is 2.39 bits per heavy atom. The SMILES string of the molecule is NC1CC(CNC(=O)c2ccc(C(=O)O)cc2)=CCC1c1ccc(Cl)cc1Cl. The lowest BCUT2D eigenvalue weighted by molar-refractivity contribution is 0.0696. The molecule has 28 heavy (non-hydrogen) atoms. The molecule has 0 saturated carbocycles. The highest BCUT2D eigenvalue weighted by Gasteiger charge is 2.26. The Labute approximate surface area is 173 Å². The first-order valence-corrected chi connectivity index (χ1v) is 9.60. The van der Waals surface area contributed by atoms with E-state index in [1.807, 2.05) is 12.1 Å². The smallest absolute Gasteiger partial charge is 0.335 e. The van der Waals surface area contributed by atoms with Crippen molar-refractivity contribution in [3.05, 3.63) is 80.8 Å². The lowest BCUT2D eigenvalue weighted by atomic mass is 9.81. The predicted molar refractivity (Wildman–Crippen MR) is 110 cm³/mol. The second kappa shape index (κ2) is 8.78. The van der Waals surface area contributed by atoms with E-state index < -0.39 is 5.97 Å². The molecule has 1 amide bonds. The van der Waals surface area contributed by atoms with E-state index in [0.29, 0.717) is 28.6 Å². The Bertz CT molecular complexity index is 926. The van der Waals surface area contributed by atoms with E-state index in [0.717, 1.165) is 17.6 Å². The molecule has 0 aromatic heterocycles. The van der Waals surface area contributed by atoms with Gasteiger partial charge in [-0.05, 0) is 54.8 Å². The molecule has 4 N–H and O–H groups in total.